The van der Waals surface area contributed by atoms with Crippen molar-refractivity contribution >= 4 is 11.6 Å². The van der Waals surface area contributed by atoms with Gasteiger partial charge in [0, 0.05) is 30.5 Å². The summed E-state index contributed by atoms with van der Waals surface area (Å²) in [5, 5.41) is 10.2. The molecule has 1 unspecified atom stereocenters. The molecule has 0 radical (unpaired) electrons. The summed E-state index contributed by atoms with van der Waals surface area (Å²) in [6, 6.07) is 1.76. The number of anilines is 1. The van der Waals surface area contributed by atoms with E-state index in [2.05, 4.69) is 25.4 Å². The maximum Gasteiger partial charge on any atom is 0.253 e. The van der Waals surface area contributed by atoms with E-state index in [1.165, 1.54) is 0 Å². The molecular formula is C17H23N5O2. The van der Waals surface area contributed by atoms with Crippen LogP contribution >= 0.6 is 0 Å². The van der Waals surface area contributed by atoms with Crippen molar-refractivity contribution in [3.05, 3.63) is 41.0 Å². The zero-order valence-electron chi connectivity index (χ0n) is 14.3. The Hall–Kier alpha value is -2.41. The van der Waals surface area contributed by atoms with Gasteiger partial charge in [0.1, 0.15) is 0 Å². The second-order valence-electron chi connectivity index (χ2n) is 6.07. The summed E-state index contributed by atoms with van der Waals surface area (Å²) in [7, 11) is 0. The van der Waals surface area contributed by atoms with E-state index in [9.17, 15) is 4.79 Å². The molecule has 3 heterocycles. The highest BCUT2D eigenvalue weighted by Gasteiger charge is 2.19. The third-order valence-corrected chi connectivity index (χ3v) is 4.33. The average molecular weight is 329 g/mol. The summed E-state index contributed by atoms with van der Waals surface area (Å²) in [5.74, 6) is -0.134. The second kappa shape index (κ2) is 7.00. The van der Waals surface area contributed by atoms with Gasteiger partial charge < -0.3 is 15.0 Å². The van der Waals surface area contributed by atoms with Gasteiger partial charge in [-0.15, -0.1) is 0 Å². The summed E-state index contributed by atoms with van der Waals surface area (Å²) in [6.45, 7) is 8.88. The molecule has 0 spiro atoms. The van der Waals surface area contributed by atoms with Crippen LogP contribution in [0.2, 0.25) is 0 Å². The number of amides is 1. The number of morpholine rings is 1. The van der Waals surface area contributed by atoms with Crippen LogP contribution in [0, 0.1) is 13.8 Å². The van der Waals surface area contributed by atoms with Crippen LogP contribution in [0.4, 0.5) is 5.69 Å². The van der Waals surface area contributed by atoms with Gasteiger partial charge in [0.2, 0.25) is 0 Å². The Morgan fingerprint density at radius 3 is 2.75 bits per heavy atom. The molecule has 24 heavy (non-hydrogen) atoms. The largest absolute Gasteiger partial charge is 0.378 e. The van der Waals surface area contributed by atoms with E-state index in [-0.39, 0.29) is 11.9 Å². The number of carbonyl (C=O) groups excluding carboxylic acids is 1. The fourth-order valence-corrected chi connectivity index (χ4v) is 3.10. The van der Waals surface area contributed by atoms with Gasteiger partial charge in [-0.1, -0.05) is 0 Å². The van der Waals surface area contributed by atoms with Crippen LogP contribution in [-0.4, -0.2) is 47.4 Å². The van der Waals surface area contributed by atoms with Crippen LogP contribution in [0.15, 0.2) is 18.5 Å². The summed E-state index contributed by atoms with van der Waals surface area (Å²) in [6.07, 6.45) is 3.39. The minimum atomic E-state index is -0.134. The molecule has 1 amide bonds. The molecule has 0 aliphatic carbocycles. The van der Waals surface area contributed by atoms with Crippen molar-refractivity contribution in [1.29, 1.82) is 0 Å². The quantitative estimate of drug-likeness (QED) is 0.893. The number of carbonyl (C=O) groups is 1. The molecule has 1 saturated heterocycles. The van der Waals surface area contributed by atoms with Crippen LogP contribution in [-0.2, 0) is 4.74 Å². The number of rotatable bonds is 4. The molecule has 1 aliphatic heterocycles. The van der Waals surface area contributed by atoms with Crippen molar-refractivity contribution in [3.8, 4) is 0 Å². The highest BCUT2D eigenvalue weighted by molar-refractivity contribution is 5.95. The van der Waals surface area contributed by atoms with Crippen molar-refractivity contribution in [1.82, 2.24) is 20.5 Å². The maximum atomic E-state index is 12.6. The first-order valence-corrected chi connectivity index (χ1v) is 8.16. The first kappa shape index (κ1) is 16.4. The number of nitrogens with zero attached hydrogens (tertiary/aromatic N) is 3. The summed E-state index contributed by atoms with van der Waals surface area (Å²) < 4.78 is 5.37. The summed E-state index contributed by atoms with van der Waals surface area (Å²) in [4.78, 5) is 19.0. The zero-order valence-corrected chi connectivity index (χ0v) is 14.3. The van der Waals surface area contributed by atoms with E-state index in [1.54, 1.807) is 12.4 Å². The first-order chi connectivity index (χ1) is 11.6. The zero-order chi connectivity index (χ0) is 17.1. The summed E-state index contributed by atoms with van der Waals surface area (Å²) >= 11 is 0. The topological polar surface area (TPSA) is 83.1 Å². The lowest BCUT2D eigenvalue weighted by Crippen LogP contribution is -2.36. The first-order valence-electron chi connectivity index (χ1n) is 8.16. The number of aryl methyl sites for hydroxylation is 2. The molecule has 7 heteroatoms. The van der Waals surface area contributed by atoms with Gasteiger partial charge in [0.15, 0.2) is 0 Å². The number of hydrogen-bond acceptors (Lipinski definition) is 5. The lowest BCUT2D eigenvalue weighted by Gasteiger charge is -2.28. The molecular weight excluding hydrogens is 306 g/mol. The van der Waals surface area contributed by atoms with Gasteiger partial charge in [0.05, 0.1) is 42.4 Å². The monoisotopic (exact) mass is 329 g/mol. The van der Waals surface area contributed by atoms with Crippen molar-refractivity contribution in [3.63, 3.8) is 0 Å². The van der Waals surface area contributed by atoms with E-state index in [0.717, 1.165) is 35.7 Å². The highest BCUT2D eigenvalue weighted by atomic mass is 16.5. The Bertz CT molecular complexity index is 702. The van der Waals surface area contributed by atoms with E-state index in [1.807, 2.05) is 26.8 Å². The van der Waals surface area contributed by atoms with Gasteiger partial charge >= 0.3 is 0 Å². The molecule has 0 aromatic carbocycles. The Morgan fingerprint density at radius 1 is 1.33 bits per heavy atom. The standard InChI is InChI=1S/C17H23N5O2/c1-11(16-12(2)20-21-13(16)3)19-17(23)14-8-15(10-18-9-14)22-4-6-24-7-5-22/h8-11H,4-7H2,1-3H3,(H,19,23)(H,20,21). The van der Waals surface area contributed by atoms with Gasteiger partial charge in [-0.25, -0.2) is 0 Å². The SMILES string of the molecule is Cc1n[nH]c(C)c1C(C)NC(=O)c1cncc(N2CCOCC2)c1. The predicted molar refractivity (Wildman–Crippen MR) is 91.2 cm³/mol. The molecule has 1 aliphatic rings. The van der Waals surface area contributed by atoms with E-state index in [4.69, 9.17) is 4.74 Å². The third-order valence-electron chi connectivity index (χ3n) is 4.33. The fourth-order valence-electron chi connectivity index (χ4n) is 3.10. The Balaban J connectivity index is 1.73. The molecule has 1 atom stereocenters. The third kappa shape index (κ3) is 3.41. The summed E-state index contributed by atoms with van der Waals surface area (Å²) in [5.41, 5.74) is 4.42. The molecule has 2 aromatic heterocycles. The van der Waals surface area contributed by atoms with Gasteiger partial charge in [-0.2, -0.15) is 5.10 Å². The normalized spacial score (nSPS) is 16.0. The molecule has 7 nitrogen and oxygen atoms in total. The highest BCUT2D eigenvalue weighted by Crippen LogP contribution is 2.20. The lowest BCUT2D eigenvalue weighted by atomic mass is 10.1. The van der Waals surface area contributed by atoms with Crippen LogP contribution in [0.1, 0.15) is 40.3 Å². The smallest absolute Gasteiger partial charge is 0.253 e. The number of H-pyrrole nitrogens is 1. The maximum absolute atomic E-state index is 12.6. The molecule has 0 bridgehead atoms. The second-order valence-corrected chi connectivity index (χ2v) is 6.07. The minimum absolute atomic E-state index is 0.122. The van der Waals surface area contributed by atoms with Crippen LogP contribution < -0.4 is 10.2 Å². The number of nitrogens with one attached hydrogen (secondary N) is 2. The van der Waals surface area contributed by atoms with E-state index in [0.29, 0.717) is 18.8 Å². The predicted octanol–water partition coefficient (Wildman–Crippen LogP) is 1.75. The minimum Gasteiger partial charge on any atom is -0.378 e. The Morgan fingerprint density at radius 2 is 2.08 bits per heavy atom. The number of pyridine rings is 1. The van der Waals surface area contributed by atoms with E-state index < -0.39 is 0 Å². The number of aromatic nitrogens is 3. The van der Waals surface area contributed by atoms with Crippen LogP contribution in [0.5, 0.6) is 0 Å². The number of aromatic amines is 1. The fraction of sp³-hybridized carbons (Fsp3) is 0.471. The molecule has 2 aromatic rings. The number of ether oxygens (including phenoxy) is 1. The van der Waals surface area contributed by atoms with Crippen molar-refractivity contribution in [2.24, 2.45) is 0 Å². The number of hydrogen-bond donors (Lipinski definition) is 2. The molecule has 128 valence electrons. The molecule has 3 rings (SSSR count). The van der Waals surface area contributed by atoms with Crippen molar-refractivity contribution in [2.45, 2.75) is 26.8 Å². The molecule has 2 N–H and O–H groups in total. The van der Waals surface area contributed by atoms with Crippen molar-refractivity contribution in [2.75, 3.05) is 31.2 Å². The van der Waals surface area contributed by atoms with Gasteiger partial charge in [-0.05, 0) is 26.8 Å². The van der Waals surface area contributed by atoms with Crippen LogP contribution in [0.25, 0.3) is 0 Å². The van der Waals surface area contributed by atoms with Crippen LogP contribution in [0.3, 0.4) is 0 Å². The lowest BCUT2D eigenvalue weighted by molar-refractivity contribution is 0.0939. The Kier molecular flexibility index (Phi) is 4.80. The average Bonchev–Trinajstić information content (AvgIpc) is 2.94. The van der Waals surface area contributed by atoms with Gasteiger partial charge in [0.25, 0.3) is 5.91 Å². The van der Waals surface area contributed by atoms with Crippen molar-refractivity contribution < 1.29 is 9.53 Å². The van der Waals surface area contributed by atoms with Gasteiger partial charge in [-0.3, -0.25) is 14.9 Å². The molecule has 0 saturated carbocycles. The molecule has 1 fully saturated rings. The Labute approximate surface area is 141 Å². The van der Waals surface area contributed by atoms with E-state index >= 15 is 0 Å².